The van der Waals surface area contributed by atoms with Gasteiger partial charge in [0, 0.05) is 19.3 Å². The molecule has 1 rings (SSSR count). The van der Waals surface area contributed by atoms with Crippen molar-refractivity contribution in [1.82, 2.24) is 0 Å². The summed E-state index contributed by atoms with van der Waals surface area (Å²) >= 11 is 0. The van der Waals surface area contributed by atoms with Crippen molar-refractivity contribution >= 4 is 11.7 Å². The Hall–Kier alpha value is -1.62. The van der Waals surface area contributed by atoms with Crippen molar-refractivity contribution in [3.8, 4) is 0 Å². The summed E-state index contributed by atoms with van der Waals surface area (Å²) in [6, 6.07) is 4.79. The van der Waals surface area contributed by atoms with E-state index in [0.29, 0.717) is 5.69 Å². The Labute approximate surface area is 87.1 Å². The van der Waals surface area contributed by atoms with Crippen molar-refractivity contribution in [3.05, 3.63) is 30.1 Å². The second-order valence-electron chi connectivity index (χ2n) is 3.18. The molecule has 0 aliphatic heterocycles. The minimum atomic E-state index is -0.996. The van der Waals surface area contributed by atoms with E-state index < -0.39 is 12.0 Å². The number of nitrogens with two attached hydrogens (primary N) is 1. The maximum absolute atomic E-state index is 12.6. The van der Waals surface area contributed by atoms with Crippen LogP contribution >= 0.6 is 0 Å². The third kappa shape index (κ3) is 2.66. The van der Waals surface area contributed by atoms with E-state index in [-0.39, 0.29) is 12.4 Å². The van der Waals surface area contributed by atoms with Crippen molar-refractivity contribution in [1.29, 1.82) is 0 Å². The molecule has 0 bridgehead atoms. The summed E-state index contributed by atoms with van der Waals surface area (Å²) in [7, 11) is 1.61. The van der Waals surface area contributed by atoms with Crippen molar-refractivity contribution in [2.75, 3.05) is 18.5 Å². The van der Waals surface area contributed by atoms with Gasteiger partial charge < -0.3 is 15.7 Å². The summed E-state index contributed by atoms with van der Waals surface area (Å²) < 4.78 is 12.6. The lowest BCUT2D eigenvalue weighted by atomic mass is 10.2. The fourth-order valence-electron chi connectivity index (χ4n) is 1.28. The van der Waals surface area contributed by atoms with Gasteiger partial charge in [-0.15, -0.1) is 0 Å². The summed E-state index contributed by atoms with van der Waals surface area (Å²) in [5.41, 5.74) is 5.96. The average Bonchev–Trinajstić information content (AvgIpc) is 2.19. The molecule has 1 aromatic carbocycles. The number of anilines is 1. The highest BCUT2D eigenvalue weighted by atomic mass is 19.1. The molecule has 0 spiro atoms. The number of aliphatic carboxylic acids is 1. The van der Waals surface area contributed by atoms with E-state index in [1.165, 1.54) is 29.2 Å². The molecule has 1 atom stereocenters. The monoisotopic (exact) mass is 212 g/mol. The van der Waals surface area contributed by atoms with Crippen molar-refractivity contribution in [2.24, 2.45) is 5.73 Å². The maximum Gasteiger partial charge on any atom is 0.327 e. The number of benzene rings is 1. The quantitative estimate of drug-likeness (QED) is 0.770. The second-order valence-corrected chi connectivity index (χ2v) is 3.18. The van der Waals surface area contributed by atoms with E-state index in [9.17, 15) is 9.18 Å². The minimum absolute atomic E-state index is 0.00318. The third-order valence-corrected chi connectivity index (χ3v) is 2.21. The first-order valence-electron chi connectivity index (χ1n) is 4.47. The highest BCUT2D eigenvalue weighted by molar-refractivity contribution is 5.78. The lowest BCUT2D eigenvalue weighted by Gasteiger charge is -2.25. The number of hydrogen-bond acceptors (Lipinski definition) is 3. The molecule has 0 aliphatic carbocycles. The third-order valence-electron chi connectivity index (χ3n) is 2.21. The summed E-state index contributed by atoms with van der Waals surface area (Å²) in [5, 5.41) is 8.86. The number of nitrogens with zero attached hydrogens (tertiary/aromatic N) is 1. The molecule has 0 aliphatic rings. The molecular formula is C10H13FN2O2. The van der Waals surface area contributed by atoms with Crippen molar-refractivity contribution in [2.45, 2.75) is 6.04 Å². The summed E-state index contributed by atoms with van der Waals surface area (Å²) in [5.74, 6) is -1.35. The van der Waals surface area contributed by atoms with Gasteiger partial charge in [0.15, 0.2) is 0 Å². The zero-order valence-corrected chi connectivity index (χ0v) is 8.35. The van der Waals surface area contributed by atoms with Gasteiger partial charge in [-0.2, -0.15) is 0 Å². The molecule has 0 radical (unpaired) electrons. The normalized spacial score (nSPS) is 12.2. The lowest BCUT2D eigenvalue weighted by Crippen LogP contribution is -2.44. The molecule has 0 aromatic heterocycles. The minimum Gasteiger partial charge on any atom is -0.480 e. The van der Waals surface area contributed by atoms with Gasteiger partial charge >= 0.3 is 5.97 Å². The number of hydrogen-bond donors (Lipinski definition) is 2. The van der Waals surface area contributed by atoms with Gasteiger partial charge in [-0.1, -0.05) is 0 Å². The molecule has 5 heteroatoms. The van der Waals surface area contributed by atoms with E-state index in [1.54, 1.807) is 7.05 Å². The number of carboxylic acids is 1. The summed E-state index contributed by atoms with van der Waals surface area (Å²) in [6.07, 6.45) is 0. The van der Waals surface area contributed by atoms with Crippen molar-refractivity contribution < 1.29 is 14.3 Å². The topological polar surface area (TPSA) is 66.6 Å². The molecule has 0 saturated carbocycles. The van der Waals surface area contributed by atoms with Crippen LogP contribution in [0.1, 0.15) is 0 Å². The van der Waals surface area contributed by atoms with E-state index in [2.05, 4.69) is 0 Å². The smallest absolute Gasteiger partial charge is 0.327 e. The van der Waals surface area contributed by atoms with E-state index >= 15 is 0 Å². The fraction of sp³-hybridized carbons (Fsp3) is 0.300. The molecule has 0 fully saturated rings. The largest absolute Gasteiger partial charge is 0.480 e. The van der Waals surface area contributed by atoms with E-state index in [4.69, 9.17) is 10.8 Å². The molecule has 15 heavy (non-hydrogen) atoms. The second kappa shape index (κ2) is 4.75. The Balaban J connectivity index is 2.87. The van der Waals surface area contributed by atoms with Crippen LogP contribution in [0.2, 0.25) is 0 Å². The highest BCUT2D eigenvalue weighted by Gasteiger charge is 2.20. The van der Waals surface area contributed by atoms with Crippen LogP contribution in [0.3, 0.4) is 0 Å². The van der Waals surface area contributed by atoms with Gasteiger partial charge in [0.25, 0.3) is 0 Å². The number of carboxylic acid groups (broad SMARTS) is 1. The fourth-order valence-corrected chi connectivity index (χ4v) is 1.28. The number of carbonyl (C=O) groups is 1. The van der Waals surface area contributed by atoms with Crippen LogP contribution in [0.15, 0.2) is 24.3 Å². The SMILES string of the molecule is CN(c1ccc(F)cc1)C(CN)C(=O)O. The van der Waals surface area contributed by atoms with Crippen LogP contribution in [-0.4, -0.2) is 30.7 Å². The highest BCUT2D eigenvalue weighted by Crippen LogP contribution is 2.15. The molecule has 82 valence electrons. The first kappa shape index (κ1) is 11.5. The van der Waals surface area contributed by atoms with Crippen LogP contribution in [0.5, 0.6) is 0 Å². The molecule has 0 heterocycles. The van der Waals surface area contributed by atoms with Crippen LogP contribution in [-0.2, 0) is 4.79 Å². The van der Waals surface area contributed by atoms with Gasteiger partial charge in [0.1, 0.15) is 11.9 Å². The van der Waals surface area contributed by atoms with Gasteiger partial charge in [-0.25, -0.2) is 9.18 Å². The predicted molar refractivity (Wildman–Crippen MR) is 55.3 cm³/mol. The number of likely N-dealkylation sites (N-methyl/N-ethyl adjacent to an activating group) is 1. The number of rotatable bonds is 4. The zero-order chi connectivity index (χ0) is 11.4. The summed E-state index contributed by atoms with van der Waals surface area (Å²) in [4.78, 5) is 12.3. The molecule has 0 amide bonds. The first-order chi connectivity index (χ1) is 7.06. The predicted octanol–water partition coefficient (Wildman–Crippen LogP) is 0.674. The van der Waals surface area contributed by atoms with Crippen LogP contribution in [0.4, 0.5) is 10.1 Å². The van der Waals surface area contributed by atoms with Crippen LogP contribution < -0.4 is 10.6 Å². The van der Waals surface area contributed by atoms with Crippen LogP contribution in [0.25, 0.3) is 0 Å². The maximum atomic E-state index is 12.6. The Bertz CT molecular complexity index is 340. The number of halogens is 1. The first-order valence-corrected chi connectivity index (χ1v) is 4.47. The average molecular weight is 212 g/mol. The lowest BCUT2D eigenvalue weighted by molar-refractivity contribution is -0.138. The molecular weight excluding hydrogens is 199 g/mol. The van der Waals surface area contributed by atoms with Crippen molar-refractivity contribution in [3.63, 3.8) is 0 Å². The molecule has 3 N–H and O–H groups in total. The van der Waals surface area contributed by atoms with Crippen LogP contribution in [0, 0.1) is 5.82 Å². The summed E-state index contributed by atoms with van der Waals surface area (Å²) in [6.45, 7) is 0.00318. The van der Waals surface area contributed by atoms with Gasteiger partial charge in [-0.05, 0) is 24.3 Å². The zero-order valence-electron chi connectivity index (χ0n) is 8.35. The molecule has 1 aromatic rings. The Morgan fingerprint density at radius 1 is 1.53 bits per heavy atom. The molecule has 1 unspecified atom stereocenters. The van der Waals surface area contributed by atoms with Gasteiger partial charge in [0.05, 0.1) is 0 Å². The Morgan fingerprint density at radius 3 is 2.47 bits per heavy atom. The van der Waals surface area contributed by atoms with E-state index in [1.807, 2.05) is 0 Å². The van der Waals surface area contributed by atoms with Gasteiger partial charge in [0.2, 0.25) is 0 Å². The molecule has 4 nitrogen and oxygen atoms in total. The standard InChI is InChI=1S/C10H13FN2O2/c1-13(9(6-12)10(14)15)8-4-2-7(11)3-5-8/h2-5,9H,6,12H2,1H3,(H,14,15). The van der Waals surface area contributed by atoms with E-state index in [0.717, 1.165) is 0 Å². The Kier molecular flexibility index (Phi) is 3.62. The molecule has 0 saturated heterocycles. The Morgan fingerprint density at radius 2 is 2.07 bits per heavy atom. The van der Waals surface area contributed by atoms with Gasteiger partial charge in [-0.3, -0.25) is 0 Å².